The highest BCUT2D eigenvalue weighted by atomic mass is 19.4. The number of fused-ring (bicyclic) bond motifs is 1. The van der Waals surface area contributed by atoms with Crippen LogP contribution in [0.5, 0.6) is 5.75 Å². The Hall–Kier alpha value is -2.83. The molecule has 1 aromatic carbocycles. The van der Waals surface area contributed by atoms with Crippen molar-refractivity contribution in [3.63, 3.8) is 0 Å². The number of rotatable bonds is 5. The Bertz CT molecular complexity index is 863. The molecular weight excluding hydrogens is 369 g/mol. The van der Waals surface area contributed by atoms with Crippen molar-refractivity contribution < 1.29 is 22.7 Å². The number of nitrogens with one attached hydrogen (secondary N) is 1. The average molecular weight is 390 g/mol. The first-order valence-corrected chi connectivity index (χ1v) is 9.08. The molecule has 4 nitrogen and oxygen atoms in total. The fraction of sp³-hybridized carbons (Fsp3) is 0.333. The smallest absolute Gasteiger partial charge is 0.416 e. The molecule has 1 N–H and O–H groups in total. The van der Waals surface area contributed by atoms with Gasteiger partial charge in [0, 0.05) is 5.69 Å². The molecule has 0 bridgehead atoms. The van der Waals surface area contributed by atoms with E-state index < -0.39 is 17.8 Å². The molecule has 1 aliphatic rings. The van der Waals surface area contributed by atoms with Gasteiger partial charge in [-0.15, -0.1) is 0 Å². The van der Waals surface area contributed by atoms with Gasteiger partial charge in [-0.2, -0.15) is 13.2 Å². The number of aromatic nitrogens is 1. The fourth-order valence-corrected chi connectivity index (χ4v) is 3.27. The molecular formula is C21H21F3N2O2. The van der Waals surface area contributed by atoms with Gasteiger partial charge in [-0.1, -0.05) is 19.6 Å². The lowest BCUT2D eigenvalue weighted by Crippen LogP contribution is -2.32. The standard InChI is InChI=1S/C21H21F3N2O2/c1-3-14-7-10-16-17(26-19(27)4-2)11-12-18(20(16)25-14)28-15-8-5-13(6-9-15)21(22,23)24/h4-10,17-18H,2-3,11-12H2,1H3,(H,26,27). The van der Waals surface area contributed by atoms with Gasteiger partial charge >= 0.3 is 6.18 Å². The summed E-state index contributed by atoms with van der Waals surface area (Å²) in [6, 6.07) is 8.27. The maximum atomic E-state index is 12.7. The molecule has 1 aromatic heterocycles. The summed E-state index contributed by atoms with van der Waals surface area (Å²) in [6.07, 6.45) is -1.61. The molecule has 0 saturated heterocycles. The Balaban J connectivity index is 1.86. The van der Waals surface area contributed by atoms with Crippen LogP contribution >= 0.6 is 0 Å². The van der Waals surface area contributed by atoms with Crippen molar-refractivity contribution in [1.82, 2.24) is 10.3 Å². The minimum absolute atomic E-state index is 0.202. The summed E-state index contributed by atoms with van der Waals surface area (Å²) in [5, 5.41) is 2.89. The largest absolute Gasteiger partial charge is 0.484 e. The minimum atomic E-state index is -4.38. The monoisotopic (exact) mass is 390 g/mol. The van der Waals surface area contributed by atoms with Crippen LogP contribution in [0.4, 0.5) is 13.2 Å². The lowest BCUT2D eigenvalue weighted by Gasteiger charge is -2.31. The van der Waals surface area contributed by atoms with Crippen molar-refractivity contribution in [3.8, 4) is 5.75 Å². The third-order valence-electron chi connectivity index (χ3n) is 4.74. The fourth-order valence-electron chi connectivity index (χ4n) is 3.27. The summed E-state index contributed by atoms with van der Waals surface area (Å²) in [5.41, 5.74) is 1.73. The Labute approximate surface area is 161 Å². The number of pyridine rings is 1. The van der Waals surface area contributed by atoms with E-state index in [2.05, 4.69) is 16.9 Å². The molecule has 0 saturated carbocycles. The van der Waals surface area contributed by atoms with Crippen molar-refractivity contribution in [2.24, 2.45) is 0 Å². The molecule has 2 aromatic rings. The zero-order valence-electron chi connectivity index (χ0n) is 15.4. The van der Waals surface area contributed by atoms with Gasteiger partial charge in [-0.05, 0) is 61.2 Å². The van der Waals surface area contributed by atoms with Crippen LogP contribution in [-0.4, -0.2) is 10.9 Å². The Morgan fingerprint density at radius 2 is 1.96 bits per heavy atom. The van der Waals surface area contributed by atoms with Crippen LogP contribution in [0.15, 0.2) is 49.1 Å². The highest BCUT2D eigenvalue weighted by Crippen LogP contribution is 2.38. The number of hydrogen-bond donors (Lipinski definition) is 1. The lowest BCUT2D eigenvalue weighted by atomic mass is 9.88. The van der Waals surface area contributed by atoms with Crippen molar-refractivity contribution in [3.05, 3.63) is 71.6 Å². The van der Waals surface area contributed by atoms with E-state index >= 15 is 0 Å². The van der Waals surface area contributed by atoms with Crippen molar-refractivity contribution in [2.45, 2.75) is 44.5 Å². The number of nitrogens with zero attached hydrogens (tertiary/aromatic N) is 1. The number of carbonyl (C=O) groups excluding carboxylic acids is 1. The average Bonchev–Trinajstić information content (AvgIpc) is 2.69. The molecule has 1 heterocycles. The lowest BCUT2D eigenvalue weighted by molar-refractivity contribution is -0.137. The van der Waals surface area contributed by atoms with Gasteiger partial charge in [0.15, 0.2) is 0 Å². The van der Waals surface area contributed by atoms with Crippen molar-refractivity contribution >= 4 is 5.91 Å². The maximum absolute atomic E-state index is 12.7. The highest BCUT2D eigenvalue weighted by Gasteiger charge is 2.32. The van der Waals surface area contributed by atoms with Gasteiger partial charge in [0.1, 0.15) is 11.9 Å². The van der Waals surface area contributed by atoms with Crippen molar-refractivity contribution in [1.29, 1.82) is 0 Å². The Kier molecular flexibility index (Phi) is 5.72. The number of ether oxygens (including phenoxy) is 1. The van der Waals surface area contributed by atoms with Crippen LogP contribution in [-0.2, 0) is 17.4 Å². The molecule has 28 heavy (non-hydrogen) atoms. The van der Waals surface area contributed by atoms with Crippen LogP contribution in [0.2, 0.25) is 0 Å². The van der Waals surface area contributed by atoms with Gasteiger partial charge in [0.05, 0.1) is 17.3 Å². The first-order chi connectivity index (χ1) is 13.3. The number of alkyl halides is 3. The van der Waals surface area contributed by atoms with Gasteiger partial charge in [0.25, 0.3) is 0 Å². The van der Waals surface area contributed by atoms with E-state index in [1.54, 1.807) is 0 Å². The minimum Gasteiger partial charge on any atom is -0.484 e. The number of aryl methyl sites for hydroxylation is 1. The quantitative estimate of drug-likeness (QED) is 0.738. The molecule has 148 valence electrons. The van der Waals surface area contributed by atoms with E-state index in [0.29, 0.717) is 24.3 Å². The molecule has 0 spiro atoms. The number of carbonyl (C=O) groups is 1. The maximum Gasteiger partial charge on any atom is 0.416 e. The summed E-state index contributed by atoms with van der Waals surface area (Å²) in [4.78, 5) is 16.4. The van der Waals surface area contributed by atoms with Crippen molar-refractivity contribution in [2.75, 3.05) is 0 Å². The molecule has 0 radical (unpaired) electrons. The SMILES string of the molecule is C=CC(=O)NC1CCC(Oc2ccc(C(F)(F)F)cc2)c2nc(CC)ccc21. The molecule has 0 fully saturated rings. The summed E-state index contributed by atoms with van der Waals surface area (Å²) < 4.78 is 44.2. The van der Waals surface area contributed by atoms with Crippen LogP contribution < -0.4 is 10.1 Å². The summed E-state index contributed by atoms with van der Waals surface area (Å²) in [6.45, 7) is 5.46. The number of hydrogen-bond acceptors (Lipinski definition) is 3. The van der Waals surface area contributed by atoms with E-state index in [1.165, 1.54) is 18.2 Å². The predicted octanol–water partition coefficient (Wildman–Crippen LogP) is 4.92. The number of benzene rings is 1. The molecule has 0 aliphatic heterocycles. The summed E-state index contributed by atoms with van der Waals surface area (Å²) in [7, 11) is 0. The van der Waals surface area contributed by atoms with Gasteiger partial charge in [-0.25, -0.2) is 0 Å². The zero-order chi connectivity index (χ0) is 20.3. The Morgan fingerprint density at radius 3 is 2.57 bits per heavy atom. The van der Waals surface area contributed by atoms with E-state index in [-0.39, 0.29) is 11.9 Å². The first-order valence-electron chi connectivity index (χ1n) is 9.08. The zero-order valence-corrected chi connectivity index (χ0v) is 15.4. The highest BCUT2D eigenvalue weighted by molar-refractivity contribution is 5.87. The third-order valence-corrected chi connectivity index (χ3v) is 4.74. The van der Waals surface area contributed by atoms with Gasteiger partial charge in [-0.3, -0.25) is 9.78 Å². The van der Waals surface area contributed by atoms with Crippen LogP contribution in [0.1, 0.15) is 54.4 Å². The van der Waals surface area contributed by atoms with Gasteiger partial charge < -0.3 is 10.1 Å². The van der Waals surface area contributed by atoms with E-state index in [1.807, 2.05) is 19.1 Å². The van der Waals surface area contributed by atoms with E-state index in [0.717, 1.165) is 29.8 Å². The summed E-state index contributed by atoms with van der Waals surface area (Å²) >= 11 is 0. The second-order valence-electron chi connectivity index (χ2n) is 6.60. The van der Waals surface area contributed by atoms with Gasteiger partial charge in [0.2, 0.25) is 5.91 Å². The first kappa shape index (κ1) is 19.9. The van der Waals surface area contributed by atoms with Crippen LogP contribution in [0.3, 0.4) is 0 Å². The Morgan fingerprint density at radius 1 is 1.25 bits per heavy atom. The second-order valence-corrected chi connectivity index (χ2v) is 6.60. The molecule has 1 amide bonds. The summed E-state index contributed by atoms with van der Waals surface area (Å²) in [5.74, 6) is 0.0823. The van der Waals surface area contributed by atoms with Crippen LogP contribution in [0.25, 0.3) is 0 Å². The normalized spacial score (nSPS) is 18.9. The molecule has 2 unspecified atom stereocenters. The number of halogens is 3. The van der Waals surface area contributed by atoms with E-state index in [4.69, 9.17) is 4.74 Å². The molecule has 2 atom stereocenters. The third kappa shape index (κ3) is 4.35. The number of amides is 1. The van der Waals surface area contributed by atoms with E-state index in [9.17, 15) is 18.0 Å². The molecule has 1 aliphatic carbocycles. The second kappa shape index (κ2) is 8.04. The molecule has 3 rings (SSSR count). The predicted molar refractivity (Wildman–Crippen MR) is 98.7 cm³/mol. The molecule has 7 heteroatoms. The topological polar surface area (TPSA) is 51.2 Å². The van der Waals surface area contributed by atoms with Crippen LogP contribution in [0, 0.1) is 0 Å².